The van der Waals surface area contributed by atoms with Crippen molar-refractivity contribution in [2.75, 3.05) is 0 Å². The summed E-state index contributed by atoms with van der Waals surface area (Å²) in [4.78, 5) is 4.49. The molecule has 1 heterocycles. The van der Waals surface area contributed by atoms with E-state index in [0.29, 0.717) is 5.92 Å². The van der Waals surface area contributed by atoms with Crippen molar-refractivity contribution < 1.29 is 30.3 Å². The average Bonchev–Trinajstić information content (AvgIpc) is 2.93. The molecule has 0 aliphatic heterocycles. The first-order valence-electron chi connectivity index (χ1n) is 12.8. The van der Waals surface area contributed by atoms with E-state index in [1.807, 2.05) is 30.5 Å². The number of nitrogens with zero attached hydrogens (tertiary/aromatic N) is 1. The molecule has 4 unspecified atom stereocenters. The fourth-order valence-corrected chi connectivity index (χ4v) is 5.89. The van der Waals surface area contributed by atoms with Crippen molar-refractivity contribution in [3.05, 3.63) is 66.4 Å². The van der Waals surface area contributed by atoms with Crippen LogP contribution < -0.4 is 0 Å². The first-order chi connectivity index (χ1) is 16.1. The second-order valence-electron chi connectivity index (χ2n) is 11.8. The van der Waals surface area contributed by atoms with Gasteiger partial charge in [-0.3, -0.25) is 0 Å². The summed E-state index contributed by atoms with van der Waals surface area (Å²) in [5.41, 5.74) is 3.19. The number of benzene rings is 2. The van der Waals surface area contributed by atoms with Crippen LogP contribution in [0.5, 0.6) is 0 Å². The van der Waals surface area contributed by atoms with Crippen molar-refractivity contribution in [1.82, 2.24) is 4.98 Å². The Morgan fingerprint density at radius 2 is 1.60 bits per heavy atom. The van der Waals surface area contributed by atoms with E-state index in [0.717, 1.165) is 24.1 Å². The Hall–Kier alpha value is -1.58. The van der Waals surface area contributed by atoms with Gasteiger partial charge in [0.15, 0.2) is 0 Å². The summed E-state index contributed by atoms with van der Waals surface area (Å²) in [6, 6.07) is 19.6. The van der Waals surface area contributed by atoms with Crippen LogP contribution in [0.15, 0.2) is 54.7 Å². The number of pyridine rings is 1. The Balaban J connectivity index is 0.000000190. The maximum atomic E-state index is 10.7. The van der Waals surface area contributed by atoms with E-state index >= 15 is 0 Å². The molecule has 2 saturated carbocycles. The Labute approximate surface area is 224 Å². The first-order valence-corrected chi connectivity index (χ1v) is 12.8. The first kappa shape index (κ1) is 28.0. The largest absolute Gasteiger partial charge is 0.392 e. The Kier molecular flexibility index (Phi) is 8.97. The monoisotopic (exact) mass is 651 g/mol. The van der Waals surface area contributed by atoms with Crippen LogP contribution in [0, 0.1) is 35.7 Å². The molecular weight excluding hydrogens is 611 g/mol. The van der Waals surface area contributed by atoms with E-state index in [1.54, 1.807) is 0 Å². The molecule has 4 atom stereocenters. The van der Waals surface area contributed by atoms with Gasteiger partial charge in [-0.05, 0) is 71.9 Å². The van der Waals surface area contributed by atoms with Gasteiger partial charge >= 0.3 is 0 Å². The third-order valence-corrected chi connectivity index (χ3v) is 8.29. The molecule has 2 aliphatic carbocycles. The number of fused-ring (bicyclic) bond motifs is 2. The Bertz CT molecular complexity index is 1110. The number of hydrogen-bond donors (Lipinski definition) is 2. The number of hydrogen-bond acceptors (Lipinski definition) is 3. The van der Waals surface area contributed by atoms with Crippen molar-refractivity contribution in [1.29, 1.82) is 0 Å². The summed E-state index contributed by atoms with van der Waals surface area (Å²) in [5.74, 6) is 0.603. The van der Waals surface area contributed by atoms with Gasteiger partial charge in [0.2, 0.25) is 0 Å². The number of aryl methyl sites for hydroxylation is 1. The van der Waals surface area contributed by atoms with Crippen LogP contribution in [0.4, 0.5) is 0 Å². The van der Waals surface area contributed by atoms with Crippen LogP contribution >= 0.6 is 0 Å². The SMILES string of the molecule is CC1(C)CCCC2CCC(C)(C)C(O)C2C1O.Cc1ccc2cc(-c3[c-]cccc3)ncc2c1.[Ir]. The summed E-state index contributed by atoms with van der Waals surface area (Å²) < 4.78 is 0. The van der Waals surface area contributed by atoms with E-state index in [1.165, 1.54) is 35.6 Å². The third-order valence-electron chi connectivity index (χ3n) is 8.29. The molecule has 1 radical (unpaired) electrons. The number of aliphatic hydroxyl groups excluding tert-OH is 2. The van der Waals surface area contributed by atoms with Crippen molar-refractivity contribution in [2.45, 2.75) is 78.9 Å². The van der Waals surface area contributed by atoms with Crippen molar-refractivity contribution in [3.8, 4) is 11.3 Å². The van der Waals surface area contributed by atoms with Crippen LogP contribution in [0.1, 0.15) is 65.4 Å². The third kappa shape index (κ3) is 6.23. The van der Waals surface area contributed by atoms with E-state index in [9.17, 15) is 10.2 Å². The minimum Gasteiger partial charge on any atom is -0.392 e. The molecular formula is C31H40IrNO2-. The molecule has 35 heavy (non-hydrogen) atoms. The molecule has 3 aromatic rings. The molecule has 0 amide bonds. The molecule has 191 valence electrons. The van der Waals surface area contributed by atoms with Crippen LogP contribution in [-0.4, -0.2) is 27.4 Å². The maximum Gasteiger partial charge on any atom is 0.0646 e. The van der Waals surface area contributed by atoms with Gasteiger partial charge in [-0.2, -0.15) is 0 Å². The zero-order valence-electron chi connectivity index (χ0n) is 21.7. The van der Waals surface area contributed by atoms with Gasteiger partial charge in [-0.25, -0.2) is 0 Å². The molecule has 2 fully saturated rings. The average molecular weight is 651 g/mol. The Morgan fingerprint density at radius 1 is 0.886 bits per heavy atom. The van der Waals surface area contributed by atoms with Crippen LogP contribution in [0.25, 0.3) is 22.0 Å². The van der Waals surface area contributed by atoms with Crippen molar-refractivity contribution >= 4 is 10.8 Å². The predicted molar refractivity (Wildman–Crippen MR) is 140 cm³/mol. The molecule has 3 nitrogen and oxygen atoms in total. The van der Waals surface area contributed by atoms with E-state index < -0.39 is 0 Å². The number of rotatable bonds is 1. The quantitative estimate of drug-likeness (QED) is 0.280. The molecule has 2 aliphatic rings. The molecule has 5 rings (SSSR count). The van der Waals surface area contributed by atoms with Gasteiger partial charge in [0.1, 0.15) is 0 Å². The summed E-state index contributed by atoms with van der Waals surface area (Å²) >= 11 is 0. The normalized spacial score (nSPS) is 26.9. The van der Waals surface area contributed by atoms with Crippen LogP contribution in [0.2, 0.25) is 0 Å². The molecule has 0 spiro atoms. The molecule has 0 bridgehead atoms. The van der Waals surface area contributed by atoms with Crippen molar-refractivity contribution in [2.24, 2.45) is 22.7 Å². The van der Waals surface area contributed by atoms with Crippen molar-refractivity contribution in [3.63, 3.8) is 0 Å². The second kappa shape index (κ2) is 11.2. The standard InChI is InChI=1S/C16H12N.C15H28O2.Ir/c1-12-7-8-14-10-16(17-11-15(14)9-12)13-5-3-2-4-6-13;1-14(2)8-5-6-10-7-9-15(3,4)13(17)11(10)12(14)16;/h2-5,7-11H,1H3;10-13,16-17H,5-9H2,1-4H3;/q-1;;. The minimum absolute atomic E-state index is 0. The van der Waals surface area contributed by atoms with Crippen LogP contribution in [-0.2, 0) is 20.1 Å². The van der Waals surface area contributed by atoms with Gasteiger partial charge < -0.3 is 15.2 Å². The second-order valence-corrected chi connectivity index (χ2v) is 11.8. The molecule has 2 N–H and O–H groups in total. The fourth-order valence-electron chi connectivity index (χ4n) is 5.89. The minimum atomic E-state index is -0.357. The number of aromatic nitrogens is 1. The summed E-state index contributed by atoms with van der Waals surface area (Å²) in [7, 11) is 0. The van der Waals surface area contributed by atoms with Gasteiger partial charge in [-0.1, -0.05) is 57.9 Å². The fraction of sp³-hybridized carbons (Fsp3) is 0.516. The summed E-state index contributed by atoms with van der Waals surface area (Å²) in [6.45, 7) is 10.7. The van der Waals surface area contributed by atoms with Crippen LogP contribution in [0.3, 0.4) is 0 Å². The summed E-state index contributed by atoms with van der Waals surface area (Å²) in [6.07, 6.45) is 6.92. The molecule has 1 aromatic heterocycles. The van der Waals surface area contributed by atoms with E-state index in [-0.39, 0.29) is 49.1 Å². The zero-order chi connectivity index (χ0) is 24.5. The molecule has 0 saturated heterocycles. The predicted octanol–water partition coefficient (Wildman–Crippen LogP) is 6.98. The topological polar surface area (TPSA) is 53.4 Å². The van der Waals surface area contributed by atoms with Gasteiger partial charge in [0.25, 0.3) is 0 Å². The zero-order valence-corrected chi connectivity index (χ0v) is 24.1. The van der Waals surface area contributed by atoms with E-state index in [4.69, 9.17) is 0 Å². The molecule has 2 aromatic carbocycles. The maximum absolute atomic E-state index is 10.7. The smallest absolute Gasteiger partial charge is 0.0646 e. The number of aliphatic hydroxyl groups is 2. The Morgan fingerprint density at radius 3 is 2.29 bits per heavy atom. The molecule has 4 heteroatoms. The van der Waals surface area contributed by atoms with Gasteiger partial charge in [-0.15, -0.1) is 35.9 Å². The van der Waals surface area contributed by atoms with Gasteiger partial charge in [0, 0.05) is 32.2 Å². The van der Waals surface area contributed by atoms with Gasteiger partial charge in [0.05, 0.1) is 12.2 Å². The van der Waals surface area contributed by atoms with E-state index in [2.05, 4.69) is 69.9 Å². The summed E-state index contributed by atoms with van der Waals surface area (Å²) in [5, 5.41) is 23.7.